The number of para-hydroxylation sites is 2. The molecule has 7 heteroatoms. The SMILES string of the molecule is COc1ccccc1CNC(=O)[C@]1(C)Cn2nc(-c3ccccc3)cc2C(=O)N1c1ccccc1C. The summed E-state index contributed by atoms with van der Waals surface area (Å²) in [5.41, 5.74) is 3.31. The van der Waals surface area contributed by atoms with Crippen molar-refractivity contribution >= 4 is 17.5 Å². The van der Waals surface area contributed by atoms with E-state index in [2.05, 4.69) is 5.32 Å². The first kappa shape index (κ1) is 23.4. The molecular weight excluding hydrogens is 452 g/mol. The van der Waals surface area contributed by atoms with E-state index < -0.39 is 5.54 Å². The van der Waals surface area contributed by atoms with Crippen LogP contribution >= 0.6 is 0 Å². The number of amides is 2. The molecule has 5 rings (SSSR count). The van der Waals surface area contributed by atoms with Gasteiger partial charge in [-0.3, -0.25) is 19.2 Å². The highest BCUT2D eigenvalue weighted by atomic mass is 16.5. The molecule has 1 aliphatic heterocycles. The molecule has 0 saturated heterocycles. The van der Waals surface area contributed by atoms with Gasteiger partial charge in [0.1, 0.15) is 17.0 Å². The third-order valence-corrected chi connectivity index (χ3v) is 6.70. The second-order valence-corrected chi connectivity index (χ2v) is 9.13. The lowest BCUT2D eigenvalue weighted by Gasteiger charge is -2.43. The molecule has 2 amide bonds. The van der Waals surface area contributed by atoms with Gasteiger partial charge in [-0.2, -0.15) is 5.10 Å². The zero-order valence-corrected chi connectivity index (χ0v) is 20.6. The van der Waals surface area contributed by atoms with Crippen molar-refractivity contribution in [3.8, 4) is 17.0 Å². The first-order chi connectivity index (χ1) is 17.4. The summed E-state index contributed by atoms with van der Waals surface area (Å²) >= 11 is 0. The largest absolute Gasteiger partial charge is 0.496 e. The summed E-state index contributed by atoms with van der Waals surface area (Å²) in [5.74, 6) is 0.160. The van der Waals surface area contributed by atoms with Crippen LogP contribution in [-0.4, -0.2) is 34.2 Å². The monoisotopic (exact) mass is 480 g/mol. The number of hydrogen-bond acceptors (Lipinski definition) is 4. The van der Waals surface area contributed by atoms with E-state index in [0.29, 0.717) is 22.8 Å². The maximum absolute atomic E-state index is 14.0. The van der Waals surface area contributed by atoms with Crippen LogP contribution in [0, 0.1) is 6.92 Å². The zero-order valence-electron chi connectivity index (χ0n) is 20.6. The molecule has 0 saturated carbocycles. The number of ether oxygens (including phenoxy) is 1. The summed E-state index contributed by atoms with van der Waals surface area (Å²) in [6.45, 7) is 4.22. The maximum Gasteiger partial charge on any atom is 0.277 e. The Bertz CT molecular complexity index is 1430. The number of nitrogens with zero attached hydrogens (tertiary/aromatic N) is 3. The van der Waals surface area contributed by atoms with E-state index in [1.165, 1.54) is 0 Å². The summed E-state index contributed by atoms with van der Waals surface area (Å²) in [7, 11) is 1.60. The fourth-order valence-electron chi connectivity index (χ4n) is 4.74. The van der Waals surface area contributed by atoms with E-state index in [1.807, 2.05) is 85.8 Å². The van der Waals surface area contributed by atoms with Crippen molar-refractivity contribution in [3.63, 3.8) is 0 Å². The predicted molar refractivity (Wildman–Crippen MR) is 139 cm³/mol. The molecule has 1 N–H and O–H groups in total. The molecule has 2 heterocycles. The van der Waals surface area contributed by atoms with Crippen LogP contribution in [0.3, 0.4) is 0 Å². The molecule has 182 valence electrons. The van der Waals surface area contributed by atoms with E-state index in [1.54, 1.807) is 29.7 Å². The van der Waals surface area contributed by atoms with E-state index in [9.17, 15) is 9.59 Å². The number of benzene rings is 3. The van der Waals surface area contributed by atoms with Gasteiger partial charge < -0.3 is 10.1 Å². The van der Waals surface area contributed by atoms with E-state index in [4.69, 9.17) is 9.84 Å². The fraction of sp³-hybridized carbons (Fsp3) is 0.207. The lowest BCUT2D eigenvalue weighted by molar-refractivity contribution is -0.126. The minimum atomic E-state index is -1.21. The minimum Gasteiger partial charge on any atom is -0.496 e. The summed E-state index contributed by atoms with van der Waals surface area (Å²) in [5, 5.41) is 7.75. The second-order valence-electron chi connectivity index (χ2n) is 9.13. The molecule has 0 bridgehead atoms. The average molecular weight is 481 g/mol. The maximum atomic E-state index is 14.0. The normalized spacial score (nSPS) is 17.0. The number of carbonyl (C=O) groups excluding carboxylic acids is 2. The fourth-order valence-corrected chi connectivity index (χ4v) is 4.74. The van der Waals surface area contributed by atoms with Crippen LogP contribution in [0.4, 0.5) is 5.69 Å². The van der Waals surface area contributed by atoms with Gasteiger partial charge in [0.25, 0.3) is 5.91 Å². The van der Waals surface area contributed by atoms with Gasteiger partial charge in [-0.15, -0.1) is 0 Å². The molecule has 1 atom stereocenters. The van der Waals surface area contributed by atoms with Gasteiger partial charge in [0.05, 0.1) is 19.3 Å². The summed E-state index contributed by atoms with van der Waals surface area (Å²) < 4.78 is 7.09. The Morgan fingerprint density at radius 2 is 1.72 bits per heavy atom. The molecule has 1 aliphatic rings. The zero-order chi connectivity index (χ0) is 25.3. The number of methoxy groups -OCH3 is 1. The van der Waals surface area contributed by atoms with Crippen LogP contribution in [-0.2, 0) is 17.9 Å². The Balaban J connectivity index is 1.55. The summed E-state index contributed by atoms with van der Waals surface area (Å²) in [4.78, 5) is 29.4. The second kappa shape index (κ2) is 9.34. The number of fused-ring (bicyclic) bond motifs is 1. The van der Waals surface area contributed by atoms with Crippen molar-refractivity contribution in [2.45, 2.75) is 32.5 Å². The molecule has 0 radical (unpaired) electrons. The van der Waals surface area contributed by atoms with Crippen LogP contribution in [0.5, 0.6) is 5.75 Å². The third kappa shape index (κ3) is 4.02. The van der Waals surface area contributed by atoms with Crippen molar-refractivity contribution < 1.29 is 14.3 Å². The highest BCUT2D eigenvalue weighted by molar-refractivity contribution is 6.12. The molecule has 0 unspecified atom stereocenters. The molecule has 1 aromatic heterocycles. The van der Waals surface area contributed by atoms with E-state index in [-0.39, 0.29) is 24.9 Å². The van der Waals surface area contributed by atoms with Crippen LogP contribution in [0.15, 0.2) is 84.9 Å². The van der Waals surface area contributed by atoms with Crippen LogP contribution in [0.1, 0.15) is 28.5 Å². The van der Waals surface area contributed by atoms with Gasteiger partial charge >= 0.3 is 0 Å². The van der Waals surface area contributed by atoms with Crippen molar-refractivity contribution in [2.24, 2.45) is 0 Å². The van der Waals surface area contributed by atoms with Gasteiger partial charge in [-0.1, -0.05) is 66.7 Å². The van der Waals surface area contributed by atoms with E-state index >= 15 is 0 Å². The topological polar surface area (TPSA) is 76.5 Å². The summed E-state index contributed by atoms with van der Waals surface area (Å²) in [6.07, 6.45) is 0. The molecule has 7 nitrogen and oxygen atoms in total. The van der Waals surface area contributed by atoms with Crippen LogP contribution in [0.25, 0.3) is 11.3 Å². The highest BCUT2D eigenvalue weighted by Crippen LogP contribution is 2.35. The Hall–Kier alpha value is -4.39. The third-order valence-electron chi connectivity index (χ3n) is 6.70. The number of hydrogen-bond donors (Lipinski definition) is 1. The van der Waals surface area contributed by atoms with Gasteiger partial charge in [0.2, 0.25) is 5.91 Å². The smallest absolute Gasteiger partial charge is 0.277 e. The van der Waals surface area contributed by atoms with Gasteiger partial charge in [-0.05, 0) is 37.6 Å². The van der Waals surface area contributed by atoms with Gasteiger partial charge in [-0.25, -0.2) is 0 Å². The van der Waals surface area contributed by atoms with Crippen LogP contribution < -0.4 is 15.0 Å². The number of aryl methyl sites for hydroxylation is 1. The number of anilines is 1. The Kier molecular flexibility index (Phi) is 6.06. The van der Waals surface area contributed by atoms with Crippen molar-refractivity contribution in [1.82, 2.24) is 15.1 Å². The lowest BCUT2D eigenvalue weighted by Crippen LogP contribution is -2.64. The Labute approximate surface area is 210 Å². The first-order valence-electron chi connectivity index (χ1n) is 11.9. The quantitative estimate of drug-likeness (QED) is 0.438. The number of aromatic nitrogens is 2. The van der Waals surface area contributed by atoms with Crippen molar-refractivity contribution in [2.75, 3.05) is 12.0 Å². The van der Waals surface area contributed by atoms with Crippen LogP contribution in [0.2, 0.25) is 0 Å². The molecule has 36 heavy (non-hydrogen) atoms. The molecular formula is C29H28N4O3. The Morgan fingerprint density at radius 3 is 2.47 bits per heavy atom. The Morgan fingerprint density at radius 1 is 1.03 bits per heavy atom. The molecule has 0 aliphatic carbocycles. The van der Waals surface area contributed by atoms with Gasteiger partial charge in [0, 0.05) is 23.4 Å². The number of nitrogens with one attached hydrogen (secondary N) is 1. The first-order valence-corrected chi connectivity index (χ1v) is 11.9. The van der Waals surface area contributed by atoms with E-state index in [0.717, 1.165) is 16.7 Å². The predicted octanol–water partition coefficient (Wildman–Crippen LogP) is 4.60. The summed E-state index contributed by atoms with van der Waals surface area (Å²) in [6, 6.07) is 26.7. The average Bonchev–Trinajstić information content (AvgIpc) is 3.33. The number of rotatable bonds is 6. The van der Waals surface area contributed by atoms with Gasteiger partial charge in [0.15, 0.2) is 0 Å². The molecule has 0 spiro atoms. The molecule has 0 fully saturated rings. The van der Waals surface area contributed by atoms with Crippen molar-refractivity contribution in [1.29, 1.82) is 0 Å². The number of carbonyl (C=O) groups is 2. The minimum absolute atomic E-state index is 0.215. The lowest BCUT2D eigenvalue weighted by atomic mass is 9.93. The molecule has 4 aromatic rings. The standard InChI is InChI=1S/C29H28N4O3/c1-20-11-7-9-15-24(20)33-27(34)25-17-23(21-12-5-4-6-13-21)31-32(25)19-29(33,2)28(35)30-18-22-14-8-10-16-26(22)36-3/h4-17H,18-19H2,1-3H3,(H,30,35)/t29-/m0/s1. The highest BCUT2D eigenvalue weighted by Gasteiger charge is 2.49. The van der Waals surface area contributed by atoms with Crippen molar-refractivity contribution in [3.05, 3.63) is 102 Å². The molecule has 3 aromatic carbocycles.